The standard InChI is InChI=1S/C19H35N5O/c1-6-20-19(22-13-18-23-15(4)16(5)25-18)21-12-17(11-14(2)3)24-9-7-8-10-24/h14,17H,6-13H2,1-5H3,(H2,20,21,22). The molecule has 142 valence electrons. The van der Waals surface area contributed by atoms with Crippen molar-refractivity contribution < 1.29 is 4.42 Å². The van der Waals surface area contributed by atoms with Gasteiger partial charge in [-0.1, -0.05) is 13.8 Å². The van der Waals surface area contributed by atoms with Crippen LogP contribution in [0.15, 0.2) is 9.41 Å². The largest absolute Gasteiger partial charge is 0.444 e. The molecule has 1 aliphatic heterocycles. The minimum atomic E-state index is 0.461. The zero-order valence-electron chi connectivity index (χ0n) is 16.6. The van der Waals surface area contributed by atoms with Gasteiger partial charge in [0.05, 0.1) is 5.69 Å². The third-order valence-corrected chi connectivity index (χ3v) is 4.70. The number of hydrogen-bond donors (Lipinski definition) is 2. The van der Waals surface area contributed by atoms with E-state index in [4.69, 9.17) is 4.42 Å². The number of aromatic nitrogens is 1. The number of hydrogen-bond acceptors (Lipinski definition) is 4. The van der Waals surface area contributed by atoms with E-state index in [0.29, 0.717) is 24.4 Å². The second-order valence-corrected chi connectivity index (χ2v) is 7.35. The molecule has 2 rings (SSSR count). The van der Waals surface area contributed by atoms with E-state index in [1.165, 1.54) is 32.4 Å². The average molecular weight is 350 g/mol. The Labute approximate surface area is 152 Å². The average Bonchev–Trinajstić information content (AvgIpc) is 3.19. The summed E-state index contributed by atoms with van der Waals surface area (Å²) in [7, 11) is 0. The van der Waals surface area contributed by atoms with Gasteiger partial charge in [0.1, 0.15) is 12.3 Å². The van der Waals surface area contributed by atoms with E-state index in [2.05, 4.69) is 46.3 Å². The summed E-state index contributed by atoms with van der Waals surface area (Å²) in [6.07, 6.45) is 3.86. The lowest BCUT2D eigenvalue weighted by molar-refractivity contribution is 0.213. The molecule has 0 aliphatic carbocycles. The quantitative estimate of drug-likeness (QED) is 0.558. The van der Waals surface area contributed by atoms with Gasteiger partial charge in [-0.15, -0.1) is 0 Å². The molecule has 25 heavy (non-hydrogen) atoms. The number of nitrogens with zero attached hydrogens (tertiary/aromatic N) is 3. The van der Waals surface area contributed by atoms with Crippen LogP contribution >= 0.6 is 0 Å². The maximum absolute atomic E-state index is 5.62. The van der Waals surface area contributed by atoms with Crippen LogP contribution < -0.4 is 10.6 Å². The van der Waals surface area contributed by atoms with Gasteiger partial charge < -0.3 is 15.1 Å². The number of aliphatic imine (C=N–C) groups is 1. The topological polar surface area (TPSA) is 65.7 Å². The third kappa shape index (κ3) is 6.34. The number of likely N-dealkylation sites (tertiary alicyclic amines) is 1. The second kappa shape index (κ2) is 9.80. The Morgan fingerprint density at radius 2 is 1.96 bits per heavy atom. The first kappa shape index (κ1) is 19.8. The summed E-state index contributed by atoms with van der Waals surface area (Å²) in [5.41, 5.74) is 0.939. The van der Waals surface area contributed by atoms with E-state index in [1.54, 1.807) is 0 Å². The SMILES string of the molecule is CCNC(=NCc1nc(C)c(C)o1)NCC(CC(C)C)N1CCCC1. The molecule has 0 saturated carbocycles. The summed E-state index contributed by atoms with van der Waals surface area (Å²) in [5.74, 6) is 3.08. The monoisotopic (exact) mass is 349 g/mol. The molecule has 1 saturated heterocycles. The highest BCUT2D eigenvalue weighted by molar-refractivity contribution is 5.79. The molecule has 0 bridgehead atoms. The van der Waals surface area contributed by atoms with Gasteiger partial charge in [-0.2, -0.15) is 0 Å². The highest BCUT2D eigenvalue weighted by Gasteiger charge is 2.22. The van der Waals surface area contributed by atoms with Crippen LogP contribution in [0.4, 0.5) is 0 Å². The van der Waals surface area contributed by atoms with Gasteiger partial charge in [-0.3, -0.25) is 4.90 Å². The predicted octanol–water partition coefficient (Wildman–Crippen LogP) is 2.86. The van der Waals surface area contributed by atoms with Crippen molar-refractivity contribution in [3.05, 3.63) is 17.3 Å². The molecule has 2 N–H and O–H groups in total. The molecule has 6 nitrogen and oxygen atoms in total. The molecule has 6 heteroatoms. The van der Waals surface area contributed by atoms with Gasteiger partial charge in [-0.05, 0) is 59.0 Å². The van der Waals surface area contributed by atoms with Crippen molar-refractivity contribution in [1.29, 1.82) is 0 Å². The summed E-state index contributed by atoms with van der Waals surface area (Å²) < 4.78 is 5.62. The number of aryl methyl sites for hydroxylation is 2. The number of nitrogens with one attached hydrogen (secondary N) is 2. The fourth-order valence-electron chi connectivity index (χ4n) is 3.32. The van der Waals surface area contributed by atoms with Crippen molar-refractivity contribution in [1.82, 2.24) is 20.5 Å². The van der Waals surface area contributed by atoms with Crippen molar-refractivity contribution in [3.63, 3.8) is 0 Å². The molecule has 1 fully saturated rings. The molecule has 1 aromatic rings. The van der Waals surface area contributed by atoms with Crippen LogP contribution in [0.5, 0.6) is 0 Å². The van der Waals surface area contributed by atoms with Crippen molar-refractivity contribution in [2.75, 3.05) is 26.2 Å². The molecule has 0 spiro atoms. The maximum Gasteiger partial charge on any atom is 0.216 e. The second-order valence-electron chi connectivity index (χ2n) is 7.35. The van der Waals surface area contributed by atoms with Gasteiger partial charge in [0.2, 0.25) is 5.89 Å². The number of rotatable bonds is 8. The van der Waals surface area contributed by atoms with Crippen molar-refractivity contribution in [3.8, 4) is 0 Å². The maximum atomic E-state index is 5.62. The Hall–Kier alpha value is -1.56. The lowest BCUT2D eigenvalue weighted by atomic mass is 10.0. The molecular weight excluding hydrogens is 314 g/mol. The Morgan fingerprint density at radius 1 is 1.24 bits per heavy atom. The zero-order valence-corrected chi connectivity index (χ0v) is 16.6. The van der Waals surface area contributed by atoms with Crippen LogP contribution in [-0.4, -0.2) is 48.1 Å². The van der Waals surface area contributed by atoms with E-state index < -0.39 is 0 Å². The molecule has 1 atom stereocenters. The summed E-state index contributed by atoms with van der Waals surface area (Å²) in [4.78, 5) is 11.7. The summed E-state index contributed by atoms with van der Waals surface area (Å²) in [6.45, 7) is 15.3. The molecule has 0 radical (unpaired) electrons. The molecule has 2 heterocycles. The highest BCUT2D eigenvalue weighted by atomic mass is 16.4. The molecule has 0 aromatic carbocycles. The van der Waals surface area contributed by atoms with Gasteiger partial charge in [-0.25, -0.2) is 9.98 Å². The first-order valence-corrected chi connectivity index (χ1v) is 9.68. The van der Waals surface area contributed by atoms with E-state index in [1.807, 2.05) is 13.8 Å². The molecule has 1 aliphatic rings. The Balaban J connectivity index is 1.94. The minimum absolute atomic E-state index is 0.461. The molecule has 1 aromatic heterocycles. The third-order valence-electron chi connectivity index (χ3n) is 4.70. The normalized spacial score (nSPS) is 17.3. The van der Waals surface area contributed by atoms with Crippen molar-refractivity contribution >= 4 is 5.96 Å². The Kier molecular flexibility index (Phi) is 7.75. The molecule has 0 amide bonds. The summed E-state index contributed by atoms with van der Waals surface area (Å²) in [6, 6.07) is 0.567. The summed E-state index contributed by atoms with van der Waals surface area (Å²) in [5, 5.41) is 6.85. The Bertz CT molecular complexity index is 527. The van der Waals surface area contributed by atoms with Gasteiger partial charge in [0.25, 0.3) is 0 Å². The fourth-order valence-corrected chi connectivity index (χ4v) is 3.32. The molecular formula is C19H35N5O. The smallest absolute Gasteiger partial charge is 0.216 e. The van der Waals surface area contributed by atoms with Gasteiger partial charge >= 0.3 is 0 Å². The van der Waals surface area contributed by atoms with E-state index in [0.717, 1.165) is 30.5 Å². The van der Waals surface area contributed by atoms with Gasteiger partial charge in [0.15, 0.2) is 5.96 Å². The Morgan fingerprint density at radius 3 is 2.52 bits per heavy atom. The van der Waals surface area contributed by atoms with Gasteiger partial charge in [0, 0.05) is 19.1 Å². The lowest BCUT2D eigenvalue weighted by Gasteiger charge is -2.29. The first-order chi connectivity index (χ1) is 12.0. The fraction of sp³-hybridized carbons (Fsp3) is 0.789. The number of oxazole rings is 1. The van der Waals surface area contributed by atoms with Crippen LogP contribution in [0.1, 0.15) is 57.4 Å². The van der Waals surface area contributed by atoms with Crippen LogP contribution in [0.3, 0.4) is 0 Å². The summed E-state index contributed by atoms with van der Waals surface area (Å²) >= 11 is 0. The van der Waals surface area contributed by atoms with Crippen LogP contribution in [0, 0.1) is 19.8 Å². The van der Waals surface area contributed by atoms with E-state index in [9.17, 15) is 0 Å². The van der Waals surface area contributed by atoms with Crippen molar-refractivity contribution in [2.24, 2.45) is 10.9 Å². The predicted molar refractivity (Wildman–Crippen MR) is 103 cm³/mol. The van der Waals surface area contributed by atoms with E-state index in [-0.39, 0.29) is 0 Å². The first-order valence-electron chi connectivity index (χ1n) is 9.68. The molecule has 1 unspecified atom stereocenters. The van der Waals surface area contributed by atoms with E-state index >= 15 is 0 Å². The highest BCUT2D eigenvalue weighted by Crippen LogP contribution is 2.17. The van der Waals surface area contributed by atoms with Crippen molar-refractivity contribution in [2.45, 2.75) is 66.5 Å². The van der Waals surface area contributed by atoms with Crippen LogP contribution in [0.2, 0.25) is 0 Å². The lowest BCUT2D eigenvalue weighted by Crippen LogP contribution is -2.47. The number of guanidine groups is 1. The minimum Gasteiger partial charge on any atom is -0.444 e. The zero-order chi connectivity index (χ0) is 18.2. The van der Waals surface area contributed by atoms with Crippen LogP contribution in [-0.2, 0) is 6.54 Å². The van der Waals surface area contributed by atoms with Crippen LogP contribution in [0.25, 0.3) is 0 Å².